The van der Waals surface area contributed by atoms with Crippen LogP contribution in [0.1, 0.15) is 58.6 Å². The summed E-state index contributed by atoms with van der Waals surface area (Å²) in [6, 6.07) is 2.17. The molecule has 5 nitrogen and oxygen atoms in total. The summed E-state index contributed by atoms with van der Waals surface area (Å²) in [7, 11) is 0. The zero-order valence-electron chi connectivity index (χ0n) is 16.8. The second kappa shape index (κ2) is 8.05. The molecule has 1 spiro atoms. The van der Waals surface area contributed by atoms with Gasteiger partial charge in [0.15, 0.2) is 0 Å². The molecule has 1 aromatic rings. The van der Waals surface area contributed by atoms with Crippen LogP contribution in [0.2, 0.25) is 0 Å². The van der Waals surface area contributed by atoms with Crippen LogP contribution in [0.3, 0.4) is 0 Å². The summed E-state index contributed by atoms with van der Waals surface area (Å²) in [5.74, 6) is 1.09. The number of carbonyl (C=O) groups excluding carboxylic acids is 1. The van der Waals surface area contributed by atoms with Crippen LogP contribution >= 0.6 is 11.3 Å². The molecule has 0 N–H and O–H groups in total. The van der Waals surface area contributed by atoms with Crippen molar-refractivity contribution >= 4 is 17.2 Å². The standard InChI is InChI=1S/C22H32N2O3S/c25-21(24-10-13-26-14-11-24)20-15-18-19(28-20)5-12-27-22(18)6-8-23(9-7-22)16-17-3-1-2-4-17/h15,17H,1-14,16H2. The molecule has 1 amide bonds. The predicted molar refractivity (Wildman–Crippen MR) is 110 cm³/mol. The van der Waals surface area contributed by atoms with E-state index in [0.29, 0.717) is 26.3 Å². The van der Waals surface area contributed by atoms with Crippen LogP contribution in [0, 0.1) is 5.92 Å². The molecule has 28 heavy (non-hydrogen) atoms. The van der Waals surface area contributed by atoms with Crippen molar-refractivity contribution in [1.29, 1.82) is 0 Å². The fraction of sp³-hybridized carbons (Fsp3) is 0.773. The minimum Gasteiger partial charge on any atom is -0.378 e. The Morgan fingerprint density at radius 2 is 1.86 bits per heavy atom. The van der Waals surface area contributed by atoms with E-state index in [-0.39, 0.29) is 11.5 Å². The Labute approximate surface area is 172 Å². The number of hydrogen-bond donors (Lipinski definition) is 0. The number of rotatable bonds is 3. The van der Waals surface area contributed by atoms with Crippen LogP contribution in [-0.4, -0.2) is 68.3 Å². The van der Waals surface area contributed by atoms with Crippen molar-refractivity contribution in [3.63, 3.8) is 0 Å². The lowest BCUT2D eigenvalue weighted by molar-refractivity contribution is -0.0982. The first-order valence-corrected chi connectivity index (χ1v) is 11.9. The van der Waals surface area contributed by atoms with E-state index in [1.165, 1.54) is 42.7 Å². The van der Waals surface area contributed by atoms with Crippen LogP contribution in [0.4, 0.5) is 0 Å². The molecule has 2 saturated heterocycles. The molecule has 1 saturated carbocycles. The van der Waals surface area contributed by atoms with Crippen molar-refractivity contribution in [2.75, 3.05) is 52.5 Å². The quantitative estimate of drug-likeness (QED) is 0.775. The average molecular weight is 405 g/mol. The first-order chi connectivity index (χ1) is 13.7. The predicted octanol–water partition coefficient (Wildman–Crippen LogP) is 3.27. The van der Waals surface area contributed by atoms with Gasteiger partial charge in [0.1, 0.15) is 0 Å². The van der Waals surface area contributed by atoms with Gasteiger partial charge in [-0.15, -0.1) is 11.3 Å². The number of likely N-dealkylation sites (tertiary alicyclic amines) is 1. The molecular formula is C22H32N2O3S. The van der Waals surface area contributed by atoms with Crippen molar-refractivity contribution in [3.05, 3.63) is 21.4 Å². The monoisotopic (exact) mass is 404 g/mol. The van der Waals surface area contributed by atoms with E-state index in [9.17, 15) is 4.79 Å². The molecule has 6 heteroatoms. The molecule has 3 aliphatic heterocycles. The first kappa shape index (κ1) is 19.0. The summed E-state index contributed by atoms with van der Waals surface area (Å²) in [4.78, 5) is 19.8. The van der Waals surface area contributed by atoms with Crippen LogP contribution in [-0.2, 0) is 21.5 Å². The zero-order valence-corrected chi connectivity index (χ0v) is 17.6. The lowest BCUT2D eigenvalue weighted by Crippen LogP contribution is -2.47. The number of carbonyl (C=O) groups is 1. The second-order valence-corrected chi connectivity index (χ2v) is 10.0. The number of fused-ring (bicyclic) bond motifs is 2. The van der Waals surface area contributed by atoms with E-state index in [0.717, 1.165) is 49.8 Å². The Balaban J connectivity index is 1.29. The zero-order chi connectivity index (χ0) is 19.0. The molecule has 4 heterocycles. The van der Waals surface area contributed by atoms with Crippen molar-refractivity contribution < 1.29 is 14.3 Å². The molecule has 3 fully saturated rings. The highest BCUT2D eigenvalue weighted by Gasteiger charge is 2.42. The largest absolute Gasteiger partial charge is 0.378 e. The summed E-state index contributed by atoms with van der Waals surface area (Å²) in [5, 5.41) is 0. The van der Waals surface area contributed by atoms with Crippen molar-refractivity contribution in [2.45, 2.75) is 50.5 Å². The number of piperidine rings is 1. The van der Waals surface area contributed by atoms with Gasteiger partial charge in [-0.3, -0.25) is 4.79 Å². The Morgan fingerprint density at radius 1 is 1.11 bits per heavy atom. The fourth-order valence-corrected chi connectivity index (χ4v) is 6.71. The minimum atomic E-state index is -0.153. The van der Waals surface area contributed by atoms with Gasteiger partial charge >= 0.3 is 0 Å². The summed E-state index contributed by atoms with van der Waals surface area (Å²) >= 11 is 1.71. The molecule has 4 aliphatic rings. The third kappa shape index (κ3) is 3.64. The van der Waals surface area contributed by atoms with Crippen LogP contribution in [0.15, 0.2) is 6.07 Å². The third-order valence-corrected chi connectivity index (χ3v) is 8.35. The molecule has 1 aromatic heterocycles. The van der Waals surface area contributed by atoms with E-state index in [1.54, 1.807) is 11.3 Å². The highest BCUT2D eigenvalue weighted by atomic mass is 32.1. The van der Waals surface area contributed by atoms with Gasteiger partial charge in [-0.2, -0.15) is 0 Å². The van der Waals surface area contributed by atoms with Gasteiger partial charge in [0, 0.05) is 44.0 Å². The number of amides is 1. The van der Waals surface area contributed by atoms with E-state index in [4.69, 9.17) is 9.47 Å². The van der Waals surface area contributed by atoms with Crippen LogP contribution in [0.5, 0.6) is 0 Å². The Hall–Kier alpha value is -0.950. The highest BCUT2D eigenvalue weighted by Crippen LogP contribution is 2.45. The van der Waals surface area contributed by atoms with Crippen molar-refractivity contribution in [3.8, 4) is 0 Å². The van der Waals surface area contributed by atoms with E-state index < -0.39 is 0 Å². The Morgan fingerprint density at radius 3 is 2.61 bits per heavy atom. The summed E-state index contributed by atoms with van der Waals surface area (Å²) in [6.07, 6.45) is 8.75. The molecule has 154 valence electrons. The molecule has 5 rings (SSSR count). The molecular weight excluding hydrogens is 372 g/mol. The number of hydrogen-bond acceptors (Lipinski definition) is 5. The van der Waals surface area contributed by atoms with Crippen molar-refractivity contribution in [2.24, 2.45) is 5.92 Å². The Bertz CT molecular complexity index is 699. The van der Waals surface area contributed by atoms with Gasteiger partial charge in [0.2, 0.25) is 0 Å². The highest BCUT2D eigenvalue weighted by molar-refractivity contribution is 7.14. The van der Waals surface area contributed by atoms with E-state index in [2.05, 4.69) is 11.0 Å². The normalized spacial score (nSPS) is 25.9. The molecule has 0 aromatic carbocycles. The van der Waals surface area contributed by atoms with Crippen molar-refractivity contribution in [1.82, 2.24) is 9.80 Å². The summed E-state index contributed by atoms with van der Waals surface area (Å²) in [5.41, 5.74) is 1.17. The summed E-state index contributed by atoms with van der Waals surface area (Å²) in [6.45, 7) is 7.03. The molecule has 0 atom stereocenters. The maximum Gasteiger partial charge on any atom is 0.264 e. The minimum absolute atomic E-state index is 0.153. The van der Waals surface area contributed by atoms with Gasteiger partial charge in [0.25, 0.3) is 5.91 Å². The average Bonchev–Trinajstić information content (AvgIpc) is 3.41. The fourth-order valence-electron chi connectivity index (χ4n) is 5.51. The van der Waals surface area contributed by atoms with Crippen LogP contribution in [0.25, 0.3) is 0 Å². The van der Waals surface area contributed by atoms with E-state index in [1.807, 2.05) is 4.90 Å². The van der Waals surface area contributed by atoms with Gasteiger partial charge in [-0.05, 0) is 43.2 Å². The van der Waals surface area contributed by atoms with E-state index >= 15 is 0 Å². The SMILES string of the molecule is O=C(c1cc2c(s1)CCOC21CCN(CC2CCCC2)CC1)N1CCOCC1. The smallest absolute Gasteiger partial charge is 0.264 e. The van der Waals surface area contributed by atoms with Gasteiger partial charge in [-0.1, -0.05) is 12.8 Å². The maximum absolute atomic E-state index is 13.0. The topological polar surface area (TPSA) is 42.0 Å². The molecule has 1 aliphatic carbocycles. The lowest BCUT2D eigenvalue weighted by atomic mass is 9.82. The Kier molecular flexibility index (Phi) is 5.48. The number of morpholine rings is 1. The number of nitrogens with zero attached hydrogens (tertiary/aromatic N) is 2. The van der Waals surface area contributed by atoms with Gasteiger partial charge in [0.05, 0.1) is 30.3 Å². The second-order valence-electron chi connectivity index (χ2n) is 8.90. The number of thiophene rings is 1. The summed E-state index contributed by atoms with van der Waals surface area (Å²) < 4.78 is 11.8. The molecule has 0 radical (unpaired) electrons. The molecule has 0 bridgehead atoms. The molecule has 0 unspecified atom stereocenters. The first-order valence-electron chi connectivity index (χ1n) is 11.1. The van der Waals surface area contributed by atoms with Gasteiger partial charge in [-0.25, -0.2) is 0 Å². The van der Waals surface area contributed by atoms with Crippen LogP contribution < -0.4 is 0 Å². The lowest BCUT2D eigenvalue weighted by Gasteiger charge is -2.44. The maximum atomic E-state index is 13.0. The van der Waals surface area contributed by atoms with Gasteiger partial charge < -0.3 is 19.3 Å². The third-order valence-electron chi connectivity index (χ3n) is 7.17. The number of ether oxygens (including phenoxy) is 2.